The Labute approximate surface area is 111 Å². The maximum atomic E-state index is 11.8. The van der Waals surface area contributed by atoms with E-state index in [0.29, 0.717) is 12.8 Å². The molecule has 2 unspecified atom stereocenters. The Morgan fingerprint density at radius 1 is 1.42 bits per heavy atom. The molecule has 6 heteroatoms. The zero-order valence-corrected chi connectivity index (χ0v) is 11.3. The predicted molar refractivity (Wildman–Crippen MR) is 65.2 cm³/mol. The number of hydrogen-bond acceptors (Lipinski definition) is 5. The summed E-state index contributed by atoms with van der Waals surface area (Å²) >= 11 is 0. The molecule has 1 fully saturated rings. The lowest BCUT2D eigenvalue weighted by atomic mass is 9.81. The van der Waals surface area contributed by atoms with Gasteiger partial charge in [0.05, 0.1) is 0 Å². The van der Waals surface area contributed by atoms with Gasteiger partial charge in [-0.2, -0.15) is 0 Å². The number of ether oxygens (including phenoxy) is 2. The van der Waals surface area contributed by atoms with Gasteiger partial charge in [-0.05, 0) is 19.8 Å². The Morgan fingerprint density at radius 2 is 1.95 bits per heavy atom. The molecule has 0 amide bonds. The molecule has 0 bridgehead atoms. The van der Waals surface area contributed by atoms with Gasteiger partial charge < -0.3 is 14.6 Å². The van der Waals surface area contributed by atoms with E-state index in [2.05, 4.69) is 6.58 Å². The number of hydrogen-bond donors (Lipinski definition) is 1. The summed E-state index contributed by atoms with van der Waals surface area (Å²) in [6, 6.07) is 0. The van der Waals surface area contributed by atoms with Crippen molar-refractivity contribution < 1.29 is 29.0 Å². The van der Waals surface area contributed by atoms with Crippen molar-refractivity contribution in [3.63, 3.8) is 0 Å². The largest absolute Gasteiger partial charge is 0.481 e. The third-order valence-electron chi connectivity index (χ3n) is 3.45. The number of esters is 2. The monoisotopic (exact) mass is 270 g/mol. The highest BCUT2D eigenvalue weighted by Gasteiger charge is 2.59. The van der Waals surface area contributed by atoms with Crippen molar-refractivity contribution in [3.05, 3.63) is 12.2 Å². The van der Waals surface area contributed by atoms with Gasteiger partial charge in [0.1, 0.15) is 11.5 Å². The van der Waals surface area contributed by atoms with Crippen LogP contribution in [0.2, 0.25) is 0 Å². The summed E-state index contributed by atoms with van der Waals surface area (Å²) in [5.74, 6) is -4.02. The van der Waals surface area contributed by atoms with Gasteiger partial charge in [0.2, 0.25) is 6.10 Å². The highest BCUT2D eigenvalue weighted by Crippen LogP contribution is 2.40. The summed E-state index contributed by atoms with van der Waals surface area (Å²) < 4.78 is 10.1. The fourth-order valence-corrected chi connectivity index (χ4v) is 2.25. The van der Waals surface area contributed by atoms with Crippen LogP contribution in [0.3, 0.4) is 0 Å². The van der Waals surface area contributed by atoms with E-state index < -0.39 is 35.5 Å². The predicted octanol–water partition coefficient (Wildman–Crippen LogP) is 1.29. The van der Waals surface area contributed by atoms with Crippen LogP contribution in [0.15, 0.2) is 12.2 Å². The van der Waals surface area contributed by atoms with Crippen molar-refractivity contribution in [2.75, 3.05) is 0 Å². The van der Waals surface area contributed by atoms with Crippen molar-refractivity contribution in [1.82, 2.24) is 0 Å². The van der Waals surface area contributed by atoms with Gasteiger partial charge in [-0.25, -0.2) is 9.59 Å². The molecule has 0 aromatic heterocycles. The van der Waals surface area contributed by atoms with Gasteiger partial charge in [-0.3, -0.25) is 4.79 Å². The maximum Gasteiger partial charge on any atom is 0.349 e. The van der Waals surface area contributed by atoms with Crippen LogP contribution in [0.1, 0.15) is 33.6 Å². The quantitative estimate of drug-likeness (QED) is 0.598. The van der Waals surface area contributed by atoms with Gasteiger partial charge in [0, 0.05) is 5.57 Å². The van der Waals surface area contributed by atoms with Gasteiger partial charge in [-0.1, -0.05) is 20.4 Å². The van der Waals surface area contributed by atoms with Crippen LogP contribution >= 0.6 is 0 Å². The number of carbonyl (C=O) groups excluding carboxylic acids is 2. The molecule has 0 aromatic carbocycles. The number of cyclic esters (lactones) is 1. The van der Waals surface area contributed by atoms with Crippen molar-refractivity contribution in [2.45, 2.75) is 45.3 Å². The molecule has 0 saturated carbocycles. The molecule has 2 atom stereocenters. The van der Waals surface area contributed by atoms with Gasteiger partial charge in [0.25, 0.3) is 0 Å². The van der Waals surface area contributed by atoms with Crippen LogP contribution in [0.4, 0.5) is 0 Å². The Morgan fingerprint density at radius 3 is 2.32 bits per heavy atom. The van der Waals surface area contributed by atoms with Crippen LogP contribution in [0.25, 0.3) is 0 Å². The molecule has 19 heavy (non-hydrogen) atoms. The van der Waals surface area contributed by atoms with Crippen LogP contribution < -0.4 is 0 Å². The second-order valence-corrected chi connectivity index (χ2v) is 4.62. The first-order valence-electron chi connectivity index (χ1n) is 6.11. The first kappa shape index (κ1) is 15.2. The average molecular weight is 270 g/mol. The van der Waals surface area contributed by atoms with Crippen molar-refractivity contribution >= 4 is 17.9 Å². The smallest absolute Gasteiger partial charge is 0.349 e. The van der Waals surface area contributed by atoms with Crippen molar-refractivity contribution in [2.24, 2.45) is 5.92 Å². The molecule has 1 N–H and O–H groups in total. The second kappa shape index (κ2) is 5.42. The van der Waals surface area contributed by atoms with Crippen molar-refractivity contribution in [3.8, 4) is 0 Å². The molecule has 1 heterocycles. The topological polar surface area (TPSA) is 89.9 Å². The molecule has 0 aliphatic carbocycles. The summed E-state index contributed by atoms with van der Waals surface area (Å²) in [5.41, 5.74) is -1.02. The minimum atomic E-state index is -1.42. The minimum absolute atomic E-state index is 0.0995. The number of carboxylic acid groups (broad SMARTS) is 1. The van der Waals surface area contributed by atoms with E-state index in [1.165, 1.54) is 6.92 Å². The lowest BCUT2D eigenvalue weighted by Crippen LogP contribution is -2.43. The molecule has 1 aliphatic heterocycles. The Bertz CT molecular complexity index is 421. The molecule has 106 valence electrons. The third-order valence-corrected chi connectivity index (χ3v) is 3.45. The Kier molecular flexibility index (Phi) is 4.34. The Balaban J connectivity index is 3.09. The molecular weight excluding hydrogens is 252 g/mol. The SMILES string of the molecule is C=C(C)C(=O)OC1C(=O)OC(CC)(CC)C1C(=O)O. The van der Waals surface area contributed by atoms with Crippen molar-refractivity contribution in [1.29, 1.82) is 0 Å². The first-order valence-corrected chi connectivity index (χ1v) is 6.11. The fourth-order valence-electron chi connectivity index (χ4n) is 2.25. The van der Waals surface area contributed by atoms with E-state index in [0.717, 1.165) is 0 Å². The molecule has 6 nitrogen and oxygen atoms in total. The molecular formula is C13H18O6. The number of rotatable bonds is 5. The van der Waals surface area contributed by atoms with E-state index in [1.54, 1.807) is 13.8 Å². The summed E-state index contributed by atoms with van der Waals surface area (Å²) in [6.07, 6.45) is -0.734. The number of aliphatic carboxylic acids is 1. The average Bonchev–Trinajstić information content (AvgIpc) is 2.62. The van der Waals surface area contributed by atoms with Gasteiger partial charge in [0.15, 0.2) is 0 Å². The summed E-state index contributed by atoms with van der Waals surface area (Å²) in [4.78, 5) is 34.7. The lowest BCUT2D eigenvalue weighted by Gasteiger charge is -2.29. The normalized spacial score (nSPS) is 24.7. The Hall–Kier alpha value is -1.85. The second-order valence-electron chi connectivity index (χ2n) is 4.62. The molecule has 1 rings (SSSR count). The van der Waals surface area contributed by atoms with Crippen LogP contribution in [0, 0.1) is 5.92 Å². The lowest BCUT2D eigenvalue weighted by molar-refractivity contribution is -0.161. The number of carbonyl (C=O) groups is 3. The maximum absolute atomic E-state index is 11.8. The highest BCUT2D eigenvalue weighted by molar-refractivity contribution is 5.93. The molecule has 0 radical (unpaired) electrons. The van der Waals surface area contributed by atoms with E-state index in [1.807, 2.05) is 0 Å². The van der Waals surface area contributed by atoms with Gasteiger partial charge in [-0.15, -0.1) is 0 Å². The zero-order chi connectivity index (χ0) is 14.8. The van der Waals surface area contributed by atoms with E-state index in [9.17, 15) is 19.5 Å². The standard InChI is InChI=1S/C13H18O6/c1-5-13(6-2)8(10(14)15)9(12(17)19-13)18-11(16)7(3)4/h8-9H,3,5-6H2,1-2,4H3,(H,14,15). The van der Waals surface area contributed by atoms with Crippen LogP contribution in [0.5, 0.6) is 0 Å². The molecule has 0 aromatic rings. The minimum Gasteiger partial charge on any atom is -0.481 e. The zero-order valence-electron chi connectivity index (χ0n) is 11.3. The molecule has 1 aliphatic rings. The van der Waals surface area contributed by atoms with Crippen LogP contribution in [-0.2, 0) is 23.9 Å². The first-order chi connectivity index (χ1) is 8.79. The number of carboxylic acids is 1. The molecule has 1 saturated heterocycles. The van der Waals surface area contributed by atoms with Crippen LogP contribution in [-0.4, -0.2) is 34.7 Å². The van der Waals surface area contributed by atoms with Gasteiger partial charge >= 0.3 is 17.9 Å². The van der Waals surface area contributed by atoms with E-state index >= 15 is 0 Å². The summed E-state index contributed by atoms with van der Waals surface area (Å²) in [5, 5.41) is 9.30. The molecule has 0 spiro atoms. The van der Waals surface area contributed by atoms with E-state index in [4.69, 9.17) is 9.47 Å². The fraction of sp³-hybridized carbons (Fsp3) is 0.615. The van der Waals surface area contributed by atoms with E-state index in [-0.39, 0.29) is 5.57 Å². The third kappa shape index (κ3) is 2.62. The summed E-state index contributed by atoms with van der Waals surface area (Å²) in [7, 11) is 0. The highest BCUT2D eigenvalue weighted by atomic mass is 16.6. The summed E-state index contributed by atoms with van der Waals surface area (Å²) in [6.45, 7) is 8.28.